The number of aromatic nitrogens is 3. The molecular weight excluding hydrogens is 245 g/mol. The lowest BCUT2D eigenvalue weighted by atomic mass is 10.2. The van der Waals surface area contributed by atoms with Crippen molar-refractivity contribution in [2.45, 2.75) is 6.92 Å². The van der Waals surface area contributed by atoms with Gasteiger partial charge in [-0.1, -0.05) is 0 Å². The van der Waals surface area contributed by atoms with Gasteiger partial charge in [-0.3, -0.25) is 14.3 Å². The highest BCUT2D eigenvalue weighted by Gasteiger charge is 2.10. The third kappa shape index (κ3) is 1.89. The monoisotopic (exact) mass is 255 g/mol. The summed E-state index contributed by atoms with van der Waals surface area (Å²) in [5.74, 6) is 0.0881. The van der Waals surface area contributed by atoms with E-state index in [2.05, 4.69) is 9.97 Å². The molecule has 0 amide bonds. The average molecular weight is 255 g/mol. The molecule has 0 radical (unpaired) electrons. The number of rotatable bonds is 1. The van der Waals surface area contributed by atoms with Gasteiger partial charge in [0.05, 0.1) is 22.8 Å². The van der Waals surface area contributed by atoms with Crippen molar-refractivity contribution < 1.29 is 4.39 Å². The Morgan fingerprint density at radius 2 is 2.11 bits per heavy atom. The topological polar surface area (TPSA) is 47.8 Å². The van der Waals surface area contributed by atoms with E-state index < -0.39 is 5.82 Å². The quantitative estimate of drug-likeness (QED) is 0.670. The first kappa shape index (κ1) is 11.5. The minimum Gasteiger partial charge on any atom is -0.268 e. The molecule has 4 nitrogen and oxygen atoms in total. The van der Waals surface area contributed by atoms with Crippen molar-refractivity contribution in [1.29, 1.82) is 0 Å². The number of hydrogen-bond donors (Lipinski definition) is 0. The molecule has 2 heterocycles. The van der Waals surface area contributed by atoms with Gasteiger partial charge in [-0.15, -0.1) is 0 Å². The van der Waals surface area contributed by atoms with Gasteiger partial charge in [0.25, 0.3) is 5.56 Å². The van der Waals surface area contributed by atoms with Crippen LogP contribution in [0.2, 0.25) is 0 Å². The van der Waals surface area contributed by atoms with Crippen molar-refractivity contribution in [3.8, 4) is 5.69 Å². The predicted octanol–water partition coefficient (Wildman–Crippen LogP) is 2.23. The summed E-state index contributed by atoms with van der Waals surface area (Å²) in [5, 5.41) is 0.259. The highest BCUT2D eigenvalue weighted by molar-refractivity contribution is 5.77. The second-order valence-corrected chi connectivity index (χ2v) is 4.17. The summed E-state index contributed by atoms with van der Waals surface area (Å²) in [6, 6.07) is 7.50. The largest absolute Gasteiger partial charge is 0.268 e. The molecule has 0 N–H and O–H groups in total. The van der Waals surface area contributed by atoms with Crippen LogP contribution in [-0.4, -0.2) is 14.5 Å². The Bertz CT molecular complexity index is 812. The van der Waals surface area contributed by atoms with Gasteiger partial charge >= 0.3 is 0 Å². The highest BCUT2D eigenvalue weighted by Crippen LogP contribution is 2.13. The second kappa shape index (κ2) is 4.28. The zero-order chi connectivity index (χ0) is 13.4. The van der Waals surface area contributed by atoms with E-state index in [1.54, 1.807) is 31.5 Å². The molecule has 0 unspecified atom stereocenters. The van der Waals surface area contributed by atoms with Gasteiger partial charge < -0.3 is 0 Å². The van der Waals surface area contributed by atoms with Crippen LogP contribution in [0.3, 0.4) is 0 Å². The van der Waals surface area contributed by atoms with Crippen molar-refractivity contribution in [3.05, 3.63) is 64.7 Å². The lowest BCUT2D eigenvalue weighted by molar-refractivity contribution is 0.629. The van der Waals surface area contributed by atoms with Gasteiger partial charge in [-0.2, -0.15) is 0 Å². The van der Waals surface area contributed by atoms with Crippen LogP contribution in [0, 0.1) is 12.7 Å². The summed E-state index contributed by atoms with van der Waals surface area (Å²) >= 11 is 0. The summed E-state index contributed by atoms with van der Waals surface area (Å²) in [6.07, 6.45) is 3.19. The predicted molar refractivity (Wildman–Crippen MR) is 69.8 cm³/mol. The van der Waals surface area contributed by atoms with Crippen LogP contribution in [-0.2, 0) is 0 Å². The first-order chi connectivity index (χ1) is 9.16. The summed E-state index contributed by atoms with van der Waals surface area (Å²) < 4.78 is 14.7. The number of halogens is 1. The van der Waals surface area contributed by atoms with Gasteiger partial charge in [0.15, 0.2) is 0 Å². The fourth-order valence-electron chi connectivity index (χ4n) is 2.06. The summed E-state index contributed by atoms with van der Waals surface area (Å²) in [4.78, 5) is 20.7. The number of aryl methyl sites for hydroxylation is 1. The van der Waals surface area contributed by atoms with Crippen molar-refractivity contribution in [3.63, 3.8) is 0 Å². The molecule has 0 bridgehead atoms. The van der Waals surface area contributed by atoms with Crippen LogP contribution in [0.5, 0.6) is 0 Å². The van der Waals surface area contributed by atoms with Gasteiger partial charge in [0, 0.05) is 6.20 Å². The van der Waals surface area contributed by atoms with Crippen molar-refractivity contribution >= 4 is 10.9 Å². The zero-order valence-corrected chi connectivity index (χ0v) is 10.2. The molecule has 0 aliphatic carbocycles. The Labute approximate surface area is 108 Å². The molecule has 0 aliphatic rings. The molecule has 0 atom stereocenters. The molecule has 3 aromatic rings. The van der Waals surface area contributed by atoms with Gasteiger partial charge in [-0.05, 0) is 37.3 Å². The first-order valence-corrected chi connectivity index (χ1v) is 5.76. The van der Waals surface area contributed by atoms with Crippen molar-refractivity contribution in [2.75, 3.05) is 0 Å². The van der Waals surface area contributed by atoms with E-state index in [0.717, 1.165) is 0 Å². The van der Waals surface area contributed by atoms with Gasteiger partial charge in [-0.25, -0.2) is 9.37 Å². The minimum absolute atomic E-state index is 0.259. The van der Waals surface area contributed by atoms with Crippen LogP contribution in [0.15, 0.2) is 47.5 Å². The Morgan fingerprint density at radius 1 is 1.26 bits per heavy atom. The third-order valence-corrected chi connectivity index (χ3v) is 2.90. The van der Waals surface area contributed by atoms with Gasteiger partial charge in [0.1, 0.15) is 11.6 Å². The van der Waals surface area contributed by atoms with E-state index in [1.165, 1.54) is 22.8 Å². The van der Waals surface area contributed by atoms with E-state index >= 15 is 0 Å². The summed E-state index contributed by atoms with van der Waals surface area (Å²) in [5.41, 5.74) is 0.808. The minimum atomic E-state index is -0.451. The Balaban J connectivity index is 2.41. The number of nitrogens with zero attached hydrogens (tertiary/aromatic N) is 3. The fraction of sp³-hybridized carbons (Fsp3) is 0.0714. The van der Waals surface area contributed by atoms with E-state index in [-0.39, 0.29) is 10.9 Å². The van der Waals surface area contributed by atoms with Crippen LogP contribution in [0.1, 0.15) is 5.82 Å². The normalized spacial score (nSPS) is 10.8. The summed E-state index contributed by atoms with van der Waals surface area (Å²) in [6.45, 7) is 1.73. The van der Waals surface area contributed by atoms with Crippen LogP contribution >= 0.6 is 0 Å². The highest BCUT2D eigenvalue weighted by atomic mass is 19.1. The lowest BCUT2D eigenvalue weighted by Gasteiger charge is -2.10. The maximum absolute atomic E-state index is 13.3. The average Bonchev–Trinajstić information content (AvgIpc) is 2.41. The van der Waals surface area contributed by atoms with E-state index in [0.29, 0.717) is 17.0 Å². The first-order valence-electron chi connectivity index (χ1n) is 5.76. The smallest absolute Gasteiger partial charge is 0.266 e. The molecule has 0 saturated carbocycles. The van der Waals surface area contributed by atoms with E-state index in [9.17, 15) is 9.18 Å². The van der Waals surface area contributed by atoms with Crippen LogP contribution in [0.25, 0.3) is 16.6 Å². The number of pyridine rings is 1. The Kier molecular flexibility index (Phi) is 2.59. The second-order valence-electron chi connectivity index (χ2n) is 4.17. The molecule has 0 spiro atoms. The van der Waals surface area contributed by atoms with Crippen LogP contribution < -0.4 is 5.56 Å². The maximum atomic E-state index is 13.3. The number of benzene rings is 1. The standard InChI is InChI=1S/C14H10FN3O/c1-9-17-13-5-4-10(15)7-12(13)14(19)18(9)11-3-2-6-16-8-11/h2-8H,1H3. The molecule has 0 fully saturated rings. The van der Waals surface area contributed by atoms with Gasteiger partial charge in [0.2, 0.25) is 0 Å². The molecule has 0 saturated heterocycles. The molecule has 2 aromatic heterocycles. The molecule has 94 valence electrons. The molecule has 0 aliphatic heterocycles. The van der Waals surface area contributed by atoms with Crippen molar-refractivity contribution in [1.82, 2.24) is 14.5 Å². The van der Waals surface area contributed by atoms with Crippen molar-refractivity contribution in [2.24, 2.45) is 0 Å². The lowest BCUT2D eigenvalue weighted by Crippen LogP contribution is -2.22. The molecular formula is C14H10FN3O. The zero-order valence-electron chi connectivity index (χ0n) is 10.2. The molecule has 3 rings (SSSR count). The number of hydrogen-bond acceptors (Lipinski definition) is 3. The van der Waals surface area contributed by atoms with E-state index in [4.69, 9.17) is 0 Å². The Morgan fingerprint density at radius 3 is 2.84 bits per heavy atom. The Hall–Kier alpha value is -2.56. The molecule has 5 heteroatoms. The summed E-state index contributed by atoms with van der Waals surface area (Å²) in [7, 11) is 0. The number of fused-ring (bicyclic) bond motifs is 1. The molecule has 19 heavy (non-hydrogen) atoms. The fourth-order valence-corrected chi connectivity index (χ4v) is 2.06. The van der Waals surface area contributed by atoms with E-state index in [1.807, 2.05) is 0 Å². The SMILES string of the molecule is Cc1nc2ccc(F)cc2c(=O)n1-c1cccnc1. The molecule has 1 aromatic carbocycles. The maximum Gasteiger partial charge on any atom is 0.266 e. The van der Waals surface area contributed by atoms with Crippen LogP contribution in [0.4, 0.5) is 4.39 Å². The third-order valence-electron chi connectivity index (χ3n) is 2.90.